The van der Waals surface area contributed by atoms with Gasteiger partial charge < -0.3 is 14.9 Å². The van der Waals surface area contributed by atoms with E-state index >= 15 is 0 Å². The first kappa shape index (κ1) is 13.6. The van der Waals surface area contributed by atoms with Crippen molar-refractivity contribution < 1.29 is 19.7 Å². The Balaban J connectivity index is 0. The quantitative estimate of drug-likeness (QED) is 0.630. The molecule has 0 aliphatic carbocycles. The third-order valence-corrected chi connectivity index (χ3v) is 0.850. The van der Waals surface area contributed by atoms with Gasteiger partial charge in [0, 0.05) is 6.92 Å². The summed E-state index contributed by atoms with van der Waals surface area (Å²) in [5, 5.41) is 15.9. The van der Waals surface area contributed by atoms with Gasteiger partial charge in [0.15, 0.2) is 0 Å². The van der Waals surface area contributed by atoms with Gasteiger partial charge in [0.2, 0.25) is 0 Å². The Bertz CT molecular complexity index is 130. The van der Waals surface area contributed by atoms with Crippen LogP contribution in [0.3, 0.4) is 0 Å². The van der Waals surface area contributed by atoms with Crippen molar-refractivity contribution in [3.63, 3.8) is 0 Å². The van der Waals surface area contributed by atoms with E-state index < -0.39 is 5.97 Å². The first-order chi connectivity index (χ1) is 5.58. The fraction of sp³-hybridized carbons (Fsp3) is 0.625. The van der Waals surface area contributed by atoms with Crippen molar-refractivity contribution in [2.24, 2.45) is 0 Å². The molecule has 0 fully saturated rings. The highest BCUT2D eigenvalue weighted by atomic mass is 16.5. The molecule has 0 rings (SSSR count). The Morgan fingerprint density at radius 2 is 2.00 bits per heavy atom. The van der Waals surface area contributed by atoms with Crippen molar-refractivity contribution in [3.8, 4) is 0 Å². The number of aliphatic hydroxyl groups is 1. The highest BCUT2D eigenvalue weighted by molar-refractivity contribution is 5.62. The lowest BCUT2D eigenvalue weighted by Gasteiger charge is -1.98. The van der Waals surface area contributed by atoms with E-state index in [-0.39, 0.29) is 6.61 Å². The highest BCUT2D eigenvalue weighted by Gasteiger charge is 1.86. The molecule has 2 N–H and O–H groups in total. The minimum atomic E-state index is -0.833. The number of carbonyl (C=O) groups is 1. The zero-order valence-corrected chi connectivity index (χ0v) is 7.70. The lowest BCUT2D eigenvalue weighted by Crippen LogP contribution is -1.91. The number of ether oxygens (including phenoxy) is 1. The first-order valence-electron chi connectivity index (χ1n) is 3.61. The number of aliphatic hydroxyl groups excluding tert-OH is 1. The lowest BCUT2D eigenvalue weighted by atomic mass is 10.4. The molecule has 0 atom stereocenters. The van der Waals surface area contributed by atoms with Crippen LogP contribution in [0.2, 0.25) is 0 Å². The van der Waals surface area contributed by atoms with Gasteiger partial charge in [0.1, 0.15) is 12.4 Å². The smallest absolute Gasteiger partial charge is 0.300 e. The number of hydrogen-bond acceptors (Lipinski definition) is 3. The molecule has 0 aliphatic heterocycles. The molecule has 0 amide bonds. The molecule has 0 aromatic carbocycles. The van der Waals surface area contributed by atoms with Crippen LogP contribution < -0.4 is 0 Å². The zero-order chi connectivity index (χ0) is 9.98. The van der Waals surface area contributed by atoms with E-state index in [1.54, 1.807) is 7.11 Å². The predicted molar refractivity (Wildman–Crippen MR) is 45.8 cm³/mol. The van der Waals surface area contributed by atoms with Crippen molar-refractivity contribution in [1.82, 2.24) is 0 Å². The number of rotatable bonds is 3. The second-order valence-electron chi connectivity index (χ2n) is 1.96. The standard InChI is InChI=1S/C6H12O2.C2H4O2/c1-3-4-6(5-7)8-2;1-2(3)4/h4,7H,3,5H2,1-2H3;1H3,(H,3,4). The summed E-state index contributed by atoms with van der Waals surface area (Å²) in [5.41, 5.74) is 0. The predicted octanol–water partition coefficient (Wildman–Crippen LogP) is 1.01. The summed E-state index contributed by atoms with van der Waals surface area (Å²) in [5.74, 6) is -0.187. The van der Waals surface area contributed by atoms with Crippen LogP contribution in [0.25, 0.3) is 0 Å². The van der Waals surface area contributed by atoms with Crippen molar-refractivity contribution in [2.45, 2.75) is 20.3 Å². The molecule has 12 heavy (non-hydrogen) atoms. The molecule has 0 aromatic heterocycles. The van der Waals surface area contributed by atoms with Gasteiger partial charge in [-0.3, -0.25) is 4.79 Å². The van der Waals surface area contributed by atoms with E-state index in [9.17, 15) is 0 Å². The number of carboxylic acids is 1. The zero-order valence-electron chi connectivity index (χ0n) is 7.70. The van der Waals surface area contributed by atoms with E-state index in [0.717, 1.165) is 13.3 Å². The number of aliphatic carboxylic acids is 1. The van der Waals surface area contributed by atoms with Gasteiger partial charge in [0.05, 0.1) is 7.11 Å². The van der Waals surface area contributed by atoms with Gasteiger partial charge in [-0.2, -0.15) is 0 Å². The number of methoxy groups -OCH3 is 1. The van der Waals surface area contributed by atoms with Crippen LogP contribution in [0.5, 0.6) is 0 Å². The van der Waals surface area contributed by atoms with Crippen molar-refractivity contribution in [1.29, 1.82) is 0 Å². The highest BCUT2D eigenvalue weighted by Crippen LogP contribution is 1.93. The van der Waals surface area contributed by atoms with Crippen LogP contribution >= 0.6 is 0 Å². The minimum absolute atomic E-state index is 0.00431. The molecule has 4 heteroatoms. The molecule has 72 valence electrons. The average Bonchev–Trinajstić information content (AvgIpc) is 1.99. The molecular weight excluding hydrogens is 160 g/mol. The topological polar surface area (TPSA) is 66.8 Å². The summed E-state index contributed by atoms with van der Waals surface area (Å²) >= 11 is 0. The number of carboxylic acid groups (broad SMARTS) is 1. The Hall–Kier alpha value is -1.03. The molecule has 0 aromatic rings. The third-order valence-electron chi connectivity index (χ3n) is 0.850. The van der Waals surface area contributed by atoms with Gasteiger partial charge in [-0.1, -0.05) is 6.92 Å². The lowest BCUT2D eigenvalue weighted by molar-refractivity contribution is -0.134. The molecule has 0 radical (unpaired) electrons. The summed E-state index contributed by atoms with van der Waals surface area (Å²) < 4.78 is 4.75. The van der Waals surface area contributed by atoms with Crippen molar-refractivity contribution >= 4 is 5.97 Å². The molecule has 0 unspecified atom stereocenters. The van der Waals surface area contributed by atoms with E-state index in [1.807, 2.05) is 13.0 Å². The van der Waals surface area contributed by atoms with E-state index in [2.05, 4.69) is 0 Å². The molecular formula is C8H16O4. The molecule has 0 aliphatic rings. The van der Waals surface area contributed by atoms with Crippen molar-refractivity contribution in [3.05, 3.63) is 11.8 Å². The third kappa shape index (κ3) is 16.0. The maximum atomic E-state index is 9.00. The minimum Gasteiger partial charge on any atom is -0.499 e. The van der Waals surface area contributed by atoms with Gasteiger partial charge in [-0.15, -0.1) is 0 Å². The summed E-state index contributed by atoms with van der Waals surface area (Å²) in [6.45, 7) is 3.08. The van der Waals surface area contributed by atoms with Crippen molar-refractivity contribution in [2.75, 3.05) is 13.7 Å². The fourth-order valence-electron chi connectivity index (χ4n) is 0.440. The van der Waals surface area contributed by atoms with Gasteiger partial charge in [-0.05, 0) is 12.5 Å². The van der Waals surface area contributed by atoms with Crippen LogP contribution in [-0.4, -0.2) is 29.9 Å². The molecule has 0 bridgehead atoms. The maximum Gasteiger partial charge on any atom is 0.300 e. The Labute approximate surface area is 72.5 Å². The Morgan fingerprint density at radius 3 is 2.08 bits per heavy atom. The van der Waals surface area contributed by atoms with Crippen LogP contribution in [0, 0.1) is 0 Å². The Kier molecular flexibility index (Phi) is 11.3. The van der Waals surface area contributed by atoms with E-state index in [4.69, 9.17) is 19.7 Å². The van der Waals surface area contributed by atoms with E-state index in [1.165, 1.54) is 0 Å². The largest absolute Gasteiger partial charge is 0.499 e. The summed E-state index contributed by atoms with van der Waals surface area (Å²) in [4.78, 5) is 9.00. The maximum absolute atomic E-state index is 9.00. The monoisotopic (exact) mass is 176 g/mol. The average molecular weight is 176 g/mol. The fourth-order valence-corrected chi connectivity index (χ4v) is 0.440. The van der Waals surface area contributed by atoms with Crippen LogP contribution in [0.1, 0.15) is 20.3 Å². The van der Waals surface area contributed by atoms with E-state index in [0.29, 0.717) is 5.76 Å². The van der Waals surface area contributed by atoms with Crippen LogP contribution in [-0.2, 0) is 9.53 Å². The van der Waals surface area contributed by atoms with Crippen LogP contribution in [0.15, 0.2) is 11.8 Å². The summed E-state index contributed by atoms with van der Waals surface area (Å²) in [6, 6.07) is 0. The number of allylic oxidation sites excluding steroid dienone is 1. The molecule has 0 heterocycles. The summed E-state index contributed by atoms with van der Waals surface area (Å²) in [7, 11) is 1.55. The molecule has 0 spiro atoms. The van der Waals surface area contributed by atoms with Gasteiger partial charge >= 0.3 is 0 Å². The molecule has 4 nitrogen and oxygen atoms in total. The van der Waals surface area contributed by atoms with Gasteiger partial charge in [0.25, 0.3) is 5.97 Å². The van der Waals surface area contributed by atoms with Gasteiger partial charge in [-0.25, -0.2) is 0 Å². The Morgan fingerprint density at radius 1 is 1.58 bits per heavy atom. The normalized spacial score (nSPS) is 9.83. The SMILES string of the molecule is CC(=O)O.CCC=C(CO)OC. The first-order valence-corrected chi connectivity index (χ1v) is 3.61. The van der Waals surface area contributed by atoms with Crippen LogP contribution in [0.4, 0.5) is 0 Å². The second kappa shape index (κ2) is 9.97. The number of hydrogen-bond donors (Lipinski definition) is 2. The molecule has 0 saturated carbocycles. The second-order valence-corrected chi connectivity index (χ2v) is 1.96. The molecule has 0 saturated heterocycles. The summed E-state index contributed by atoms with van der Waals surface area (Å²) in [6.07, 6.45) is 2.75.